The molecule has 0 spiro atoms. The Labute approximate surface area is 120 Å². The van der Waals surface area contributed by atoms with Gasteiger partial charge in [-0.05, 0) is 25.2 Å². The number of nitrogens with two attached hydrogens (primary N) is 1. The molecule has 0 bridgehead atoms. The molecule has 0 aliphatic heterocycles. The van der Waals surface area contributed by atoms with Crippen LogP contribution in [0.5, 0.6) is 0 Å². The first kappa shape index (κ1) is 15.5. The number of rotatable bonds is 4. The van der Waals surface area contributed by atoms with Gasteiger partial charge >= 0.3 is 0 Å². The molecule has 0 saturated heterocycles. The predicted molar refractivity (Wildman–Crippen MR) is 77.6 cm³/mol. The summed E-state index contributed by atoms with van der Waals surface area (Å²) in [6.07, 6.45) is 4.13. The highest BCUT2D eigenvalue weighted by atomic mass is 32.2. The summed E-state index contributed by atoms with van der Waals surface area (Å²) in [4.78, 5) is 0.210. The van der Waals surface area contributed by atoms with Crippen molar-refractivity contribution in [3.05, 3.63) is 11.4 Å². The van der Waals surface area contributed by atoms with E-state index in [0.29, 0.717) is 11.4 Å². The fourth-order valence-corrected chi connectivity index (χ4v) is 4.74. The number of hydrogen-bond donors (Lipinski definition) is 3. The molecule has 0 aromatic carbocycles. The van der Waals surface area contributed by atoms with E-state index in [1.165, 1.54) is 0 Å². The first-order chi connectivity index (χ1) is 9.28. The van der Waals surface area contributed by atoms with Crippen molar-refractivity contribution >= 4 is 10.0 Å². The van der Waals surface area contributed by atoms with Crippen LogP contribution in [0.2, 0.25) is 0 Å². The molecular weight excluding hydrogens is 276 g/mol. The van der Waals surface area contributed by atoms with Crippen LogP contribution in [0.25, 0.3) is 0 Å². The van der Waals surface area contributed by atoms with E-state index in [-0.39, 0.29) is 22.9 Å². The summed E-state index contributed by atoms with van der Waals surface area (Å²) in [5, 5.41) is 6.66. The molecule has 1 fully saturated rings. The quantitative estimate of drug-likeness (QED) is 0.783. The Morgan fingerprint density at radius 2 is 2.15 bits per heavy atom. The van der Waals surface area contributed by atoms with Crippen molar-refractivity contribution in [1.29, 1.82) is 0 Å². The number of sulfonamides is 1. The fourth-order valence-electron chi connectivity index (χ4n) is 2.92. The standard InChI is InChI=1S/C13H24N4O2S/c1-9-12(10(8-14)16-15-9)20(18,19)17-11-6-4-5-7-13(11,2)3/h11,17H,4-8,14H2,1-3H3,(H,15,16). The lowest BCUT2D eigenvalue weighted by atomic mass is 9.74. The van der Waals surface area contributed by atoms with Gasteiger partial charge in [-0.25, -0.2) is 13.1 Å². The third-order valence-electron chi connectivity index (χ3n) is 4.23. The lowest BCUT2D eigenvalue weighted by molar-refractivity contribution is 0.188. The van der Waals surface area contributed by atoms with Gasteiger partial charge < -0.3 is 5.73 Å². The van der Waals surface area contributed by atoms with Crippen LogP contribution < -0.4 is 10.5 Å². The van der Waals surface area contributed by atoms with E-state index in [4.69, 9.17) is 5.73 Å². The number of hydrogen-bond acceptors (Lipinski definition) is 4. The number of H-pyrrole nitrogens is 1. The first-order valence-corrected chi connectivity index (χ1v) is 8.52. The van der Waals surface area contributed by atoms with Crippen molar-refractivity contribution in [1.82, 2.24) is 14.9 Å². The normalized spacial score (nSPS) is 22.9. The van der Waals surface area contributed by atoms with Gasteiger partial charge in [-0.15, -0.1) is 0 Å². The highest BCUT2D eigenvalue weighted by Crippen LogP contribution is 2.36. The predicted octanol–water partition coefficient (Wildman–Crippen LogP) is 1.42. The number of aryl methyl sites for hydroxylation is 1. The minimum Gasteiger partial charge on any atom is -0.325 e. The molecular formula is C13H24N4O2S. The summed E-state index contributed by atoms with van der Waals surface area (Å²) in [6, 6.07) is -0.0406. The van der Waals surface area contributed by atoms with Gasteiger partial charge in [0.1, 0.15) is 4.90 Å². The van der Waals surface area contributed by atoms with Gasteiger partial charge in [0.05, 0.1) is 11.4 Å². The lowest BCUT2D eigenvalue weighted by Gasteiger charge is -2.38. The van der Waals surface area contributed by atoms with Gasteiger partial charge in [-0.3, -0.25) is 5.10 Å². The maximum absolute atomic E-state index is 12.6. The Balaban J connectivity index is 2.29. The molecule has 1 unspecified atom stereocenters. The smallest absolute Gasteiger partial charge is 0.244 e. The van der Waals surface area contributed by atoms with Crippen molar-refractivity contribution < 1.29 is 8.42 Å². The van der Waals surface area contributed by atoms with E-state index in [0.717, 1.165) is 25.7 Å². The van der Waals surface area contributed by atoms with E-state index in [1.54, 1.807) is 6.92 Å². The van der Waals surface area contributed by atoms with Gasteiger partial charge in [-0.2, -0.15) is 5.10 Å². The number of nitrogens with zero attached hydrogens (tertiary/aromatic N) is 1. The zero-order chi connectivity index (χ0) is 15.0. The second-order valence-electron chi connectivity index (χ2n) is 6.24. The van der Waals surface area contributed by atoms with E-state index in [2.05, 4.69) is 28.8 Å². The molecule has 20 heavy (non-hydrogen) atoms. The third-order valence-corrected chi connectivity index (χ3v) is 5.90. The van der Waals surface area contributed by atoms with Crippen molar-refractivity contribution in [2.45, 2.75) is 63.9 Å². The van der Waals surface area contributed by atoms with Gasteiger partial charge in [0.25, 0.3) is 0 Å². The highest BCUT2D eigenvalue weighted by Gasteiger charge is 2.36. The second kappa shape index (κ2) is 5.46. The van der Waals surface area contributed by atoms with Crippen LogP contribution in [-0.2, 0) is 16.6 Å². The van der Waals surface area contributed by atoms with Gasteiger partial charge in [0.15, 0.2) is 0 Å². The lowest BCUT2D eigenvalue weighted by Crippen LogP contribution is -2.46. The topological polar surface area (TPSA) is 101 Å². The molecule has 0 amide bonds. The Hall–Kier alpha value is -0.920. The largest absolute Gasteiger partial charge is 0.325 e. The molecule has 1 aliphatic carbocycles. The monoisotopic (exact) mass is 300 g/mol. The molecule has 2 rings (SSSR count). The van der Waals surface area contributed by atoms with E-state index >= 15 is 0 Å². The van der Waals surface area contributed by atoms with Crippen LogP contribution in [0.15, 0.2) is 4.90 Å². The Bertz CT molecular complexity index is 577. The number of aromatic amines is 1. The summed E-state index contributed by atoms with van der Waals surface area (Å²) in [5.74, 6) is 0. The average molecular weight is 300 g/mol. The Morgan fingerprint density at radius 1 is 1.45 bits per heavy atom. The molecule has 6 nitrogen and oxygen atoms in total. The van der Waals surface area contributed by atoms with Crippen molar-refractivity contribution in [3.63, 3.8) is 0 Å². The minimum atomic E-state index is -3.58. The third kappa shape index (κ3) is 2.89. The van der Waals surface area contributed by atoms with E-state index < -0.39 is 10.0 Å². The fraction of sp³-hybridized carbons (Fsp3) is 0.769. The molecule has 114 valence electrons. The van der Waals surface area contributed by atoms with Crippen molar-refractivity contribution in [3.8, 4) is 0 Å². The molecule has 4 N–H and O–H groups in total. The molecule has 1 atom stereocenters. The maximum Gasteiger partial charge on any atom is 0.244 e. The average Bonchev–Trinajstić information content (AvgIpc) is 2.73. The zero-order valence-electron chi connectivity index (χ0n) is 12.4. The number of aromatic nitrogens is 2. The summed E-state index contributed by atoms with van der Waals surface area (Å²) in [5.41, 5.74) is 6.48. The van der Waals surface area contributed by atoms with Crippen LogP contribution in [0.4, 0.5) is 0 Å². The summed E-state index contributed by atoms with van der Waals surface area (Å²) < 4.78 is 28.1. The van der Waals surface area contributed by atoms with Gasteiger partial charge in [0.2, 0.25) is 10.0 Å². The first-order valence-electron chi connectivity index (χ1n) is 7.04. The summed E-state index contributed by atoms with van der Waals surface area (Å²) in [7, 11) is -3.58. The highest BCUT2D eigenvalue weighted by molar-refractivity contribution is 7.89. The molecule has 7 heteroatoms. The van der Waals surface area contributed by atoms with Crippen LogP contribution in [0.1, 0.15) is 50.9 Å². The van der Waals surface area contributed by atoms with Gasteiger partial charge in [-0.1, -0.05) is 26.7 Å². The van der Waals surface area contributed by atoms with E-state index in [1.807, 2.05) is 0 Å². The van der Waals surface area contributed by atoms with Crippen molar-refractivity contribution in [2.75, 3.05) is 0 Å². The zero-order valence-corrected chi connectivity index (χ0v) is 13.2. The van der Waals surface area contributed by atoms with E-state index in [9.17, 15) is 8.42 Å². The Kier molecular flexibility index (Phi) is 4.22. The molecule has 0 radical (unpaired) electrons. The van der Waals surface area contributed by atoms with Crippen molar-refractivity contribution in [2.24, 2.45) is 11.1 Å². The summed E-state index contributed by atoms with van der Waals surface area (Å²) in [6.45, 7) is 6.04. The maximum atomic E-state index is 12.6. The Morgan fingerprint density at radius 3 is 2.75 bits per heavy atom. The summed E-state index contributed by atoms with van der Waals surface area (Å²) >= 11 is 0. The SMILES string of the molecule is Cc1[nH]nc(CN)c1S(=O)(=O)NC1CCCCC1(C)C. The minimum absolute atomic E-state index is 0.0220. The second-order valence-corrected chi connectivity index (χ2v) is 7.89. The van der Waals surface area contributed by atoms with Crippen LogP contribution in [-0.4, -0.2) is 24.7 Å². The van der Waals surface area contributed by atoms with Crippen LogP contribution >= 0.6 is 0 Å². The molecule has 1 heterocycles. The molecule has 1 aliphatic rings. The number of nitrogens with one attached hydrogen (secondary N) is 2. The van der Waals surface area contributed by atoms with Crippen LogP contribution in [0.3, 0.4) is 0 Å². The molecule has 1 saturated carbocycles. The van der Waals surface area contributed by atoms with Gasteiger partial charge in [0, 0.05) is 12.6 Å². The molecule has 1 aromatic heterocycles. The molecule has 1 aromatic rings. The van der Waals surface area contributed by atoms with Crippen LogP contribution in [0, 0.1) is 12.3 Å².